The average Bonchev–Trinajstić information content (AvgIpc) is 1.91. The molecule has 0 spiro atoms. The van der Waals surface area contributed by atoms with Crippen LogP contribution in [-0.4, -0.2) is 5.78 Å². The monoisotopic (exact) mass is 108 g/mol. The van der Waals surface area contributed by atoms with E-state index in [0.717, 1.165) is 12.8 Å². The molecule has 0 radical (unpaired) electrons. The van der Waals surface area contributed by atoms with Crippen molar-refractivity contribution in [2.75, 3.05) is 0 Å². The fourth-order valence-corrected chi connectivity index (χ4v) is 1.47. The van der Waals surface area contributed by atoms with E-state index in [1.807, 2.05) is 0 Å². The Morgan fingerprint density at radius 2 is 1.75 bits per heavy atom. The van der Waals surface area contributed by atoms with Gasteiger partial charge >= 0.3 is 0 Å². The molecule has 2 aliphatic rings. The molecule has 2 rings (SSSR count). The van der Waals surface area contributed by atoms with Crippen LogP contribution in [0.2, 0.25) is 0 Å². The molecule has 0 N–H and O–H groups in total. The van der Waals surface area contributed by atoms with Gasteiger partial charge in [-0.05, 0) is 11.8 Å². The van der Waals surface area contributed by atoms with Crippen LogP contribution in [0.25, 0.3) is 0 Å². The summed E-state index contributed by atoms with van der Waals surface area (Å²) in [4.78, 5) is 10.7. The maximum atomic E-state index is 10.7. The quantitative estimate of drug-likeness (QED) is 0.425. The lowest BCUT2D eigenvalue weighted by molar-refractivity contribution is -0.117. The van der Waals surface area contributed by atoms with E-state index < -0.39 is 0 Å². The number of Topliss-reactive ketones (excluding diaryl/α,β-unsaturated/α-hetero) is 1. The third-order valence-electron chi connectivity index (χ3n) is 2.08. The highest BCUT2D eigenvalue weighted by Crippen LogP contribution is 2.37. The van der Waals surface area contributed by atoms with Gasteiger partial charge in [-0.15, -0.1) is 0 Å². The highest BCUT2D eigenvalue weighted by molar-refractivity contribution is 5.82. The van der Waals surface area contributed by atoms with Crippen molar-refractivity contribution >= 4 is 5.78 Å². The molecule has 8 heavy (non-hydrogen) atoms. The van der Waals surface area contributed by atoms with Crippen LogP contribution in [0, 0.1) is 11.8 Å². The number of allylic oxidation sites excluding steroid dienone is 2. The summed E-state index contributed by atoms with van der Waals surface area (Å²) in [6.07, 6.45) is 5.94. The van der Waals surface area contributed by atoms with Gasteiger partial charge in [0, 0.05) is 12.8 Å². The second kappa shape index (κ2) is 1.22. The van der Waals surface area contributed by atoms with E-state index in [0.29, 0.717) is 17.6 Å². The summed E-state index contributed by atoms with van der Waals surface area (Å²) < 4.78 is 0. The first-order valence-corrected chi connectivity index (χ1v) is 3.06. The Kier molecular flexibility index (Phi) is 0.655. The average molecular weight is 108 g/mol. The lowest BCUT2D eigenvalue weighted by atomic mass is 9.86. The third kappa shape index (κ3) is 0.391. The number of hydrogen-bond acceptors (Lipinski definition) is 1. The zero-order chi connectivity index (χ0) is 5.56. The molecule has 2 aliphatic carbocycles. The number of fused-ring (bicyclic) bond motifs is 1. The van der Waals surface area contributed by atoms with Crippen LogP contribution >= 0.6 is 0 Å². The van der Waals surface area contributed by atoms with Crippen molar-refractivity contribution in [2.24, 2.45) is 11.8 Å². The molecular weight excluding hydrogens is 100 g/mol. The zero-order valence-corrected chi connectivity index (χ0v) is 4.63. The highest BCUT2D eigenvalue weighted by atomic mass is 16.1. The Morgan fingerprint density at radius 3 is 2.00 bits per heavy atom. The Bertz CT molecular complexity index is 142. The van der Waals surface area contributed by atoms with Crippen LogP contribution < -0.4 is 0 Å². The fraction of sp³-hybridized carbons (Fsp3) is 0.571. The topological polar surface area (TPSA) is 17.1 Å². The molecule has 1 fully saturated rings. The van der Waals surface area contributed by atoms with E-state index in [1.54, 1.807) is 0 Å². The Morgan fingerprint density at radius 1 is 1.25 bits per heavy atom. The summed E-state index contributed by atoms with van der Waals surface area (Å²) >= 11 is 0. The van der Waals surface area contributed by atoms with Gasteiger partial charge in [-0.25, -0.2) is 0 Å². The second-order valence-corrected chi connectivity index (χ2v) is 2.66. The summed E-state index contributed by atoms with van der Waals surface area (Å²) in [5.41, 5.74) is 0. The van der Waals surface area contributed by atoms with E-state index in [9.17, 15) is 4.79 Å². The van der Waals surface area contributed by atoms with Gasteiger partial charge in [0.05, 0.1) is 0 Å². The van der Waals surface area contributed by atoms with E-state index in [1.165, 1.54) is 0 Å². The van der Waals surface area contributed by atoms with Crippen molar-refractivity contribution in [2.45, 2.75) is 12.8 Å². The van der Waals surface area contributed by atoms with Crippen LogP contribution in [0.1, 0.15) is 12.8 Å². The Labute approximate surface area is 48.4 Å². The van der Waals surface area contributed by atoms with E-state index >= 15 is 0 Å². The third-order valence-corrected chi connectivity index (χ3v) is 2.08. The maximum Gasteiger partial charge on any atom is 0.134 e. The summed E-state index contributed by atoms with van der Waals surface area (Å²) in [5.74, 6) is 1.73. The molecule has 1 heteroatoms. The zero-order valence-electron chi connectivity index (χ0n) is 4.63. The van der Waals surface area contributed by atoms with Crippen molar-refractivity contribution in [3.8, 4) is 0 Å². The minimum Gasteiger partial charge on any atom is -0.300 e. The van der Waals surface area contributed by atoms with Crippen molar-refractivity contribution in [3.63, 3.8) is 0 Å². The van der Waals surface area contributed by atoms with Crippen LogP contribution in [0.15, 0.2) is 12.2 Å². The molecule has 0 aromatic carbocycles. The van der Waals surface area contributed by atoms with Crippen LogP contribution in [0.5, 0.6) is 0 Å². The summed E-state index contributed by atoms with van der Waals surface area (Å²) in [6.45, 7) is 0. The van der Waals surface area contributed by atoms with E-state index in [2.05, 4.69) is 12.2 Å². The lowest BCUT2D eigenvalue weighted by Crippen LogP contribution is -2.09. The largest absolute Gasteiger partial charge is 0.300 e. The first-order chi connectivity index (χ1) is 3.86. The summed E-state index contributed by atoms with van der Waals surface area (Å²) in [7, 11) is 0. The number of ketones is 1. The molecule has 1 nitrogen and oxygen atoms in total. The van der Waals surface area contributed by atoms with Crippen molar-refractivity contribution in [1.82, 2.24) is 0 Å². The first-order valence-electron chi connectivity index (χ1n) is 3.06. The van der Waals surface area contributed by atoms with Gasteiger partial charge < -0.3 is 0 Å². The van der Waals surface area contributed by atoms with Crippen LogP contribution in [0.3, 0.4) is 0 Å². The molecular formula is C7H8O. The molecule has 2 atom stereocenters. The Hall–Kier alpha value is -0.590. The fourth-order valence-electron chi connectivity index (χ4n) is 1.47. The molecule has 0 aromatic rings. The molecule has 0 aliphatic heterocycles. The molecule has 0 bridgehead atoms. The van der Waals surface area contributed by atoms with Gasteiger partial charge in [0.1, 0.15) is 5.78 Å². The van der Waals surface area contributed by atoms with Gasteiger partial charge in [-0.1, -0.05) is 12.2 Å². The van der Waals surface area contributed by atoms with E-state index in [-0.39, 0.29) is 0 Å². The normalized spacial score (nSPS) is 41.8. The molecule has 1 saturated carbocycles. The predicted molar refractivity (Wildman–Crippen MR) is 30.4 cm³/mol. The SMILES string of the molecule is O=C1C[C@H]2C=C[C@@H]2C1. The molecule has 42 valence electrons. The minimum absolute atomic E-state index is 0.449. The number of hydrogen-bond donors (Lipinski definition) is 0. The number of carbonyl (C=O) groups excluding carboxylic acids is 1. The number of rotatable bonds is 0. The van der Waals surface area contributed by atoms with Crippen molar-refractivity contribution in [3.05, 3.63) is 12.2 Å². The smallest absolute Gasteiger partial charge is 0.134 e. The molecule has 0 unspecified atom stereocenters. The molecule has 0 saturated heterocycles. The lowest BCUT2D eigenvalue weighted by Gasteiger charge is -2.18. The van der Waals surface area contributed by atoms with Crippen LogP contribution in [0.4, 0.5) is 0 Å². The summed E-state index contributed by atoms with van der Waals surface area (Å²) in [5, 5.41) is 0. The Balaban J connectivity index is 2.20. The second-order valence-electron chi connectivity index (χ2n) is 2.66. The summed E-state index contributed by atoms with van der Waals surface area (Å²) in [6, 6.07) is 0. The minimum atomic E-state index is 0.449. The van der Waals surface area contributed by atoms with Gasteiger partial charge in [-0.3, -0.25) is 4.79 Å². The van der Waals surface area contributed by atoms with E-state index in [4.69, 9.17) is 0 Å². The van der Waals surface area contributed by atoms with Crippen LogP contribution in [-0.2, 0) is 4.79 Å². The van der Waals surface area contributed by atoms with Gasteiger partial charge in [0.2, 0.25) is 0 Å². The van der Waals surface area contributed by atoms with Crippen molar-refractivity contribution in [1.29, 1.82) is 0 Å². The highest BCUT2D eigenvalue weighted by Gasteiger charge is 2.34. The van der Waals surface area contributed by atoms with Gasteiger partial charge in [0.15, 0.2) is 0 Å². The van der Waals surface area contributed by atoms with Crippen molar-refractivity contribution < 1.29 is 4.79 Å². The first kappa shape index (κ1) is 4.30. The number of carbonyl (C=O) groups is 1. The molecule has 0 heterocycles. The van der Waals surface area contributed by atoms with Gasteiger partial charge in [0.25, 0.3) is 0 Å². The standard InChI is InChI=1S/C7H8O/c8-7-3-5-1-2-6(5)4-7/h1-2,5-6H,3-4H2/t5-,6-/m1/s1. The maximum absolute atomic E-state index is 10.7. The molecule has 0 aromatic heterocycles. The predicted octanol–water partition coefficient (Wildman–Crippen LogP) is 1.15. The van der Waals surface area contributed by atoms with Gasteiger partial charge in [-0.2, -0.15) is 0 Å². The molecule has 0 amide bonds.